The van der Waals surface area contributed by atoms with Gasteiger partial charge in [0.05, 0.1) is 6.10 Å². The second kappa shape index (κ2) is 5.76. The van der Waals surface area contributed by atoms with Crippen LogP contribution < -0.4 is 0 Å². The number of aliphatic hydroxyl groups excluding tert-OH is 1. The number of hydrogen-bond donors (Lipinski definition) is 1. The van der Waals surface area contributed by atoms with Gasteiger partial charge < -0.3 is 5.11 Å². The highest BCUT2D eigenvalue weighted by atomic mass is 16.3. The van der Waals surface area contributed by atoms with Gasteiger partial charge in [-0.25, -0.2) is 0 Å². The van der Waals surface area contributed by atoms with Crippen molar-refractivity contribution in [2.45, 2.75) is 38.7 Å². The zero-order valence-corrected chi connectivity index (χ0v) is 8.24. The normalized spacial score (nSPS) is 12.8. The lowest BCUT2D eigenvalue weighted by Gasteiger charge is -2.03. The standard InChI is InChI=1S/C12H18O/c1-11(13)7-5-6-10-12-8-3-2-4-9-12/h2-4,8-9,11,13H,5-7,10H2,1H3/t11-/m0/s1. The Morgan fingerprint density at radius 2 is 1.85 bits per heavy atom. The van der Waals surface area contributed by atoms with E-state index in [4.69, 9.17) is 5.11 Å². The van der Waals surface area contributed by atoms with Gasteiger partial charge in [0.2, 0.25) is 0 Å². The van der Waals surface area contributed by atoms with E-state index in [1.165, 1.54) is 12.0 Å². The average Bonchev–Trinajstić information content (AvgIpc) is 2.14. The first-order chi connectivity index (χ1) is 6.29. The topological polar surface area (TPSA) is 20.2 Å². The molecule has 0 saturated heterocycles. The maximum absolute atomic E-state index is 9.05. The highest BCUT2D eigenvalue weighted by molar-refractivity contribution is 5.14. The predicted octanol–water partition coefficient (Wildman–Crippen LogP) is 2.78. The molecule has 0 spiro atoms. The van der Waals surface area contributed by atoms with E-state index in [2.05, 4.69) is 24.3 Å². The first kappa shape index (κ1) is 10.3. The SMILES string of the molecule is C[C@H](O)CCCCc1ccccc1. The van der Waals surface area contributed by atoms with E-state index in [0.717, 1.165) is 19.3 Å². The van der Waals surface area contributed by atoms with Gasteiger partial charge in [-0.15, -0.1) is 0 Å². The van der Waals surface area contributed by atoms with E-state index in [1.54, 1.807) is 0 Å². The molecule has 0 bridgehead atoms. The Morgan fingerprint density at radius 3 is 2.46 bits per heavy atom. The molecule has 0 saturated carbocycles. The maximum Gasteiger partial charge on any atom is 0.0512 e. The van der Waals surface area contributed by atoms with Gasteiger partial charge in [0.15, 0.2) is 0 Å². The zero-order chi connectivity index (χ0) is 9.52. The molecule has 72 valence electrons. The summed E-state index contributed by atoms with van der Waals surface area (Å²) in [4.78, 5) is 0. The van der Waals surface area contributed by atoms with Crippen molar-refractivity contribution in [3.05, 3.63) is 35.9 Å². The van der Waals surface area contributed by atoms with Crippen molar-refractivity contribution in [1.29, 1.82) is 0 Å². The molecule has 1 aromatic rings. The average molecular weight is 178 g/mol. The third kappa shape index (κ3) is 4.69. The Morgan fingerprint density at radius 1 is 1.15 bits per heavy atom. The minimum atomic E-state index is -0.143. The van der Waals surface area contributed by atoms with E-state index in [1.807, 2.05) is 13.0 Å². The summed E-state index contributed by atoms with van der Waals surface area (Å²) in [7, 11) is 0. The quantitative estimate of drug-likeness (QED) is 0.687. The molecule has 0 fully saturated rings. The highest BCUT2D eigenvalue weighted by Crippen LogP contribution is 2.07. The minimum absolute atomic E-state index is 0.143. The van der Waals surface area contributed by atoms with Crippen molar-refractivity contribution < 1.29 is 5.11 Å². The molecular formula is C12H18O. The lowest BCUT2D eigenvalue weighted by Crippen LogP contribution is -1.98. The van der Waals surface area contributed by atoms with Crippen LogP contribution in [-0.4, -0.2) is 11.2 Å². The molecule has 1 atom stereocenters. The third-order valence-corrected chi connectivity index (χ3v) is 2.18. The molecule has 1 nitrogen and oxygen atoms in total. The van der Waals surface area contributed by atoms with Crippen LogP contribution in [0.25, 0.3) is 0 Å². The second-order valence-corrected chi connectivity index (χ2v) is 3.58. The van der Waals surface area contributed by atoms with Gasteiger partial charge in [-0.2, -0.15) is 0 Å². The molecule has 1 heteroatoms. The van der Waals surface area contributed by atoms with Gasteiger partial charge in [-0.3, -0.25) is 0 Å². The molecule has 0 aliphatic heterocycles. The van der Waals surface area contributed by atoms with E-state index < -0.39 is 0 Å². The smallest absolute Gasteiger partial charge is 0.0512 e. The first-order valence-corrected chi connectivity index (χ1v) is 5.01. The molecule has 13 heavy (non-hydrogen) atoms. The van der Waals surface area contributed by atoms with Crippen molar-refractivity contribution >= 4 is 0 Å². The number of unbranched alkanes of at least 4 members (excludes halogenated alkanes) is 1. The Kier molecular flexibility index (Phi) is 4.55. The molecule has 0 aliphatic rings. The lowest BCUT2D eigenvalue weighted by atomic mass is 10.1. The highest BCUT2D eigenvalue weighted by Gasteiger charge is 1.96. The molecule has 0 radical (unpaired) electrons. The van der Waals surface area contributed by atoms with Crippen LogP contribution in [0.1, 0.15) is 31.7 Å². The summed E-state index contributed by atoms with van der Waals surface area (Å²) in [5.41, 5.74) is 1.40. The molecule has 0 aliphatic carbocycles. The number of benzene rings is 1. The summed E-state index contributed by atoms with van der Waals surface area (Å²) in [6.07, 6.45) is 4.21. The van der Waals surface area contributed by atoms with E-state index in [0.29, 0.717) is 0 Å². The summed E-state index contributed by atoms with van der Waals surface area (Å²) >= 11 is 0. The van der Waals surface area contributed by atoms with Crippen LogP contribution >= 0.6 is 0 Å². The van der Waals surface area contributed by atoms with Crippen LogP contribution in [0, 0.1) is 0 Å². The zero-order valence-electron chi connectivity index (χ0n) is 8.24. The van der Waals surface area contributed by atoms with Crippen LogP contribution in [0.3, 0.4) is 0 Å². The second-order valence-electron chi connectivity index (χ2n) is 3.58. The van der Waals surface area contributed by atoms with Gasteiger partial charge in [0.25, 0.3) is 0 Å². The number of rotatable bonds is 5. The van der Waals surface area contributed by atoms with Gasteiger partial charge in [-0.1, -0.05) is 36.8 Å². The van der Waals surface area contributed by atoms with Crippen molar-refractivity contribution in [1.82, 2.24) is 0 Å². The fourth-order valence-corrected chi connectivity index (χ4v) is 1.41. The fraction of sp³-hybridized carbons (Fsp3) is 0.500. The summed E-state index contributed by atoms with van der Waals surface area (Å²) < 4.78 is 0. The van der Waals surface area contributed by atoms with Crippen LogP contribution in [0.2, 0.25) is 0 Å². The fourth-order valence-electron chi connectivity index (χ4n) is 1.41. The van der Waals surface area contributed by atoms with Crippen molar-refractivity contribution in [3.8, 4) is 0 Å². The van der Waals surface area contributed by atoms with Crippen molar-refractivity contribution in [2.24, 2.45) is 0 Å². The van der Waals surface area contributed by atoms with Gasteiger partial charge in [-0.05, 0) is 31.7 Å². The largest absolute Gasteiger partial charge is 0.393 e. The number of hydrogen-bond acceptors (Lipinski definition) is 1. The molecule has 0 aromatic heterocycles. The third-order valence-electron chi connectivity index (χ3n) is 2.18. The molecule has 1 rings (SSSR count). The minimum Gasteiger partial charge on any atom is -0.393 e. The van der Waals surface area contributed by atoms with Crippen LogP contribution in [0.5, 0.6) is 0 Å². The van der Waals surface area contributed by atoms with Crippen LogP contribution in [0.15, 0.2) is 30.3 Å². The molecule has 0 amide bonds. The predicted molar refractivity (Wildman–Crippen MR) is 55.7 cm³/mol. The van der Waals surface area contributed by atoms with Crippen LogP contribution in [-0.2, 0) is 6.42 Å². The maximum atomic E-state index is 9.05. The molecule has 0 unspecified atom stereocenters. The van der Waals surface area contributed by atoms with Gasteiger partial charge >= 0.3 is 0 Å². The van der Waals surface area contributed by atoms with E-state index in [9.17, 15) is 0 Å². The summed E-state index contributed by atoms with van der Waals surface area (Å²) in [6.45, 7) is 1.85. The van der Waals surface area contributed by atoms with E-state index in [-0.39, 0.29) is 6.10 Å². The van der Waals surface area contributed by atoms with Gasteiger partial charge in [0, 0.05) is 0 Å². The molecular weight excluding hydrogens is 160 g/mol. The lowest BCUT2D eigenvalue weighted by molar-refractivity contribution is 0.180. The first-order valence-electron chi connectivity index (χ1n) is 5.01. The molecule has 1 N–H and O–H groups in total. The Balaban J connectivity index is 2.13. The Labute approximate surface area is 80.4 Å². The molecule has 0 heterocycles. The number of aliphatic hydroxyl groups is 1. The monoisotopic (exact) mass is 178 g/mol. The Bertz CT molecular complexity index is 216. The number of aryl methyl sites for hydroxylation is 1. The van der Waals surface area contributed by atoms with Crippen LogP contribution in [0.4, 0.5) is 0 Å². The van der Waals surface area contributed by atoms with Crippen molar-refractivity contribution in [3.63, 3.8) is 0 Å². The van der Waals surface area contributed by atoms with Gasteiger partial charge in [0.1, 0.15) is 0 Å². The molecule has 1 aromatic carbocycles. The Hall–Kier alpha value is -0.820. The van der Waals surface area contributed by atoms with E-state index >= 15 is 0 Å². The summed E-state index contributed by atoms with van der Waals surface area (Å²) in [5, 5.41) is 9.05. The summed E-state index contributed by atoms with van der Waals surface area (Å²) in [5.74, 6) is 0. The summed E-state index contributed by atoms with van der Waals surface area (Å²) in [6, 6.07) is 10.5. The van der Waals surface area contributed by atoms with Crippen molar-refractivity contribution in [2.75, 3.05) is 0 Å².